The van der Waals surface area contributed by atoms with E-state index in [1.54, 1.807) is 0 Å². The summed E-state index contributed by atoms with van der Waals surface area (Å²) in [7, 11) is 0. The summed E-state index contributed by atoms with van der Waals surface area (Å²) in [5, 5.41) is 0. The van der Waals surface area contributed by atoms with E-state index in [-0.39, 0.29) is 0 Å². The molecule has 0 fully saturated rings. The van der Waals surface area contributed by atoms with E-state index in [0.717, 1.165) is 29.7 Å². The van der Waals surface area contributed by atoms with Gasteiger partial charge in [0.1, 0.15) is 5.82 Å². The zero-order valence-electron chi connectivity index (χ0n) is 13.5. The van der Waals surface area contributed by atoms with Crippen molar-refractivity contribution < 1.29 is 0 Å². The Morgan fingerprint density at radius 3 is 2.48 bits per heavy atom. The van der Waals surface area contributed by atoms with Crippen molar-refractivity contribution in [1.82, 2.24) is 9.55 Å². The van der Waals surface area contributed by atoms with Crippen LogP contribution in [0.1, 0.15) is 22.5 Å². The lowest BCUT2D eigenvalue weighted by atomic mass is 10.1. The van der Waals surface area contributed by atoms with Gasteiger partial charge in [0, 0.05) is 6.42 Å². The van der Waals surface area contributed by atoms with E-state index in [2.05, 4.69) is 54.8 Å². The predicted molar refractivity (Wildman–Crippen MR) is 99.8 cm³/mol. The van der Waals surface area contributed by atoms with E-state index in [9.17, 15) is 0 Å². The molecule has 0 amide bonds. The molecule has 0 saturated carbocycles. The first kappa shape index (κ1) is 15.7. The summed E-state index contributed by atoms with van der Waals surface area (Å²) in [5.41, 5.74) is 11.8. The van der Waals surface area contributed by atoms with Crippen LogP contribution in [-0.2, 0) is 19.4 Å². The smallest absolute Gasteiger partial charge is 0.110 e. The molecule has 2 N–H and O–H groups in total. The molecule has 1 aromatic heterocycles. The van der Waals surface area contributed by atoms with Crippen LogP contribution in [0.2, 0.25) is 0 Å². The van der Waals surface area contributed by atoms with E-state index < -0.39 is 0 Å². The summed E-state index contributed by atoms with van der Waals surface area (Å²) in [6.45, 7) is 4.78. The van der Waals surface area contributed by atoms with Gasteiger partial charge in [0.25, 0.3) is 0 Å². The number of imidazole rings is 1. The van der Waals surface area contributed by atoms with Gasteiger partial charge in [-0.25, -0.2) is 4.98 Å². The summed E-state index contributed by atoms with van der Waals surface area (Å²) in [6, 6.07) is 14.8. The van der Waals surface area contributed by atoms with Crippen molar-refractivity contribution in [3.05, 3.63) is 65.0 Å². The molecule has 3 nitrogen and oxygen atoms in total. The highest BCUT2D eigenvalue weighted by molar-refractivity contribution is 7.80. The second kappa shape index (κ2) is 6.50. The molecule has 23 heavy (non-hydrogen) atoms. The highest BCUT2D eigenvalue weighted by atomic mass is 32.1. The number of hydrogen-bond acceptors (Lipinski definition) is 2. The van der Waals surface area contributed by atoms with Gasteiger partial charge in [-0.15, -0.1) is 0 Å². The topological polar surface area (TPSA) is 43.8 Å². The fourth-order valence-corrected chi connectivity index (χ4v) is 2.98. The molecule has 0 radical (unpaired) electrons. The van der Waals surface area contributed by atoms with Gasteiger partial charge in [-0.1, -0.05) is 42.5 Å². The Hall–Kier alpha value is -2.20. The number of fused-ring (bicyclic) bond motifs is 1. The Bertz CT molecular complexity index is 850. The lowest BCUT2D eigenvalue weighted by Crippen LogP contribution is -2.18. The lowest BCUT2D eigenvalue weighted by Gasteiger charge is -2.09. The zero-order valence-corrected chi connectivity index (χ0v) is 14.4. The molecule has 0 atom stereocenters. The lowest BCUT2D eigenvalue weighted by molar-refractivity contribution is 0.760. The first-order valence-electron chi connectivity index (χ1n) is 7.83. The third kappa shape index (κ3) is 3.42. The maximum atomic E-state index is 5.80. The molecule has 0 spiro atoms. The molecule has 2 aromatic carbocycles. The van der Waals surface area contributed by atoms with E-state index in [0.29, 0.717) is 11.5 Å². The average molecular weight is 323 g/mol. The largest absolute Gasteiger partial charge is 0.392 e. The van der Waals surface area contributed by atoms with Crippen molar-refractivity contribution in [2.75, 3.05) is 0 Å². The Kier molecular flexibility index (Phi) is 4.44. The minimum atomic E-state index is 0.489. The quantitative estimate of drug-likeness (QED) is 0.728. The normalized spacial score (nSPS) is 11.0. The van der Waals surface area contributed by atoms with Gasteiger partial charge < -0.3 is 10.3 Å². The number of hydrogen-bond donors (Lipinski definition) is 1. The Balaban J connectivity index is 1.99. The van der Waals surface area contributed by atoms with E-state index in [1.807, 2.05) is 6.07 Å². The fraction of sp³-hybridized carbons (Fsp3) is 0.263. The van der Waals surface area contributed by atoms with Crippen molar-refractivity contribution in [2.24, 2.45) is 5.73 Å². The number of aromatic nitrogens is 2. The van der Waals surface area contributed by atoms with Gasteiger partial charge in [0.2, 0.25) is 0 Å². The van der Waals surface area contributed by atoms with Gasteiger partial charge in [-0.2, -0.15) is 0 Å². The van der Waals surface area contributed by atoms with Crippen molar-refractivity contribution in [1.29, 1.82) is 0 Å². The molecule has 3 aromatic rings. The fourth-order valence-electron chi connectivity index (χ4n) is 2.85. The molecular formula is C19H21N3S. The highest BCUT2D eigenvalue weighted by Gasteiger charge is 2.12. The summed E-state index contributed by atoms with van der Waals surface area (Å²) in [4.78, 5) is 5.32. The molecule has 1 heterocycles. The summed E-state index contributed by atoms with van der Waals surface area (Å²) in [6.07, 6.45) is 1.83. The van der Waals surface area contributed by atoms with Crippen LogP contribution in [-0.4, -0.2) is 14.5 Å². The van der Waals surface area contributed by atoms with Crippen LogP contribution in [0.3, 0.4) is 0 Å². The number of rotatable bonds is 5. The molecule has 3 rings (SSSR count). The zero-order chi connectivity index (χ0) is 16.4. The minimum absolute atomic E-state index is 0.489. The van der Waals surface area contributed by atoms with Gasteiger partial charge in [-0.05, 0) is 49.1 Å². The maximum Gasteiger partial charge on any atom is 0.110 e. The van der Waals surface area contributed by atoms with Crippen molar-refractivity contribution >= 4 is 28.2 Å². The van der Waals surface area contributed by atoms with Crippen molar-refractivity contribution in [3.8, 4) is 0 Å². The summed E-state index contributed by atoms with van der Waals surface area (Å²) >= 11 is 5.13. The SMILES string of the molecule is Cc1cc2nc(CCc3ccccc3)n(CC(N)=S)c2cc1C. The second-order valence-corrected chi connectivity index (χ2v) is 6.52. The van der Waals surface area contributed by atoms with E-state index >= 15 is 0 Å². The number of nitrogens with two attached hydrogens (primary N) is 1. The van der Waals surface area contributed by atoms with Gasteiger partial charge in [-0.3, -0.25) is 0 Å². The molecule has 118 valence electrons. The third-order valence-electron chi connectivity index (χ3n) is 4.24. The molecule has 0 aliphatic carbocycles. The molecule has 0 aliphatic rings. The van der Waals surface area contributed by atoms with Crippen LogP contribution in [0.5, 0.6) is 0 Å². The monoisotopic (exact) mass is 323 g/mol. The molecule has 4 heteroatoms. The Labute approximate surface area is 142 Å². The summed E-state index contributed by atoms with van der Waals surface area (Å²) < 4.78 is 2.16. The number of thiocarbonyl (C=S) groups is 1. The highest BCUT2D eigenvalue weighted by Crippen LogP contribution is 2.22. The van der Waals surface area contributed by atoms with Crippen LogP contribution < -0.4 is 5.73 Å². The Morgan fingerprint density at radius 2 is 1.78 bits per heavy atom. The van der Waals surface area contributed by atoms with Crippen LogP contribution in [0.4, 0.5) is 0 Å². The molecule has 0 unspecified atom stereocenters. The molecule has 0 aliphatic heterocycles. The van der Waals surface area contributed by atoms with Crippen molar-refractivity contribution in [3.63, 3.8) is 0 Å². The standard InChI is InChI=1S/C19H21N3S/c1-13-10-16-17(11-14(13)2)22(12-18(20)23)19(21-16)9-8-15-6-4-3-5-7-15/h3-7,10-11H,8-9,12H2,1-2H3,(H2,20,23). The first-order valence-corrected chi connectivity index (χ1v) is 8.24. The second-order valence-electron chi connectivity index (χ2n) is 5.99. The van der Waals surface area contributed by atoms with Gasteiger partial charge in [0.15, 0.2) is 0 Å². The maximum absolute atomic E-state index is 5.80. The van der Waals surface area contributed by atoms with Crippen LogP contribution in [0, 0.1) is 13.8 Å². The third-order valence-corrected chi connectivity index (χ3v) is 4.37. The minimum Gasteiger partial charge on any atom is -0.392 e. The van der Waals surface area contributed by atoms with Crippen LogP contribution in [0.15, 0.2) is 42.5 Å². The number of aryl methyl sites for hydroxylation is 4. The molecular weight excluding hydrogens is 302 g/mol. The average Bonchev–Trinajstić information content (AvgIpc) is 2.83. The number of benzene rings is 2. The van der Waals surface area contributed by atoms with Gasteiger partial charge >= 0.3 is 0 Å². The predicted octanol–water partition coefficient (Wildman–Crippen LogP) is 3.72. The van der Waals surface area contributed by atoms with Crippen LogP contribution in [0.25, 0.3) is 11.0 Å². The molecule has 0 bridgehead atoms. The van der Waals surface area contributed by atoms with E-state index in [4.69, 9.17) is 22.9 Å². The van der Waals surface area contributed by atoms with Crippen molar-refractivity contribution in [2.45, 2.75) is 33.2 Å². The number of nitrogens with zero attached hydrogens (tertiary/aromatic N) is 2. The van der Waals surface area contributed by atoms with Crippen LogP contribution >= 0.6 is 12.2 Å². The summed E-state index contributed by atoms with van der Waals surface area (Å²) in [5.74, 6) is 1.04. The van der Waals surface area contributed by atoms with Gasteiger partial charge in [0.05, 0.1) is 22.6 Å². The molecule has 0 saturated heterocycles. The Morgan fingerprint density at radius 1 is 1.09 bits per heavy atom. The van der Waals surface area contributed by atoms with E-state index in [1.165, 1.54) is 16.7 Å². The first-order chi connectivity index (χ1) is 11.0.